The first-order valence-electron chi connectivity index (χ1n) is 11.9. The molecule has 0 unspecified atom stereocenters. The van der Waals surface area contributed by atoms with Crippen LogP contribution < -0.4 is 20.5 Å². The van der Waals surface area contributed by atoms with Crippen LogP contribution in [0.5, 0.6) is 11.5 Å². The number of allylic oxidation sites excluding steroid dienone is 1. The number of ether oxygens (including phenoxy) is 2. The fraction of sp³-hybridized carbons (Fsp3) is 0.407. The van der Waals surface area contributed by atoms with Gasteiger partial charge < -0.3 is 46.2 Å². The monoisotopic (exact) mass is 509 g/mol. The van der Waals surface area contributed by atoms with Crippen molar-refractivity contribution in [2.24, 2.45) is 0 Å². The van der Waals surface area contributed by atoms with Gasteiger partial charge in [0.05, 0.1) is 12.7 Å². The van der Waals surface area contributed by atoms with E-state index in [1.807, 2.05) is 0 Å². The van der Waals surface area contributed by atoms with Crippen molar-refractivity contribution in [3.63, 3.8) is 0 Å². The fourth-order valence-corrected chi connectivity index (χ4v) is 3.76. The molecule has 0 saturated carbocycles. The maximum Gasteiger partial charge on any atom is 0.355 e. The molecule has 2 heterocycles. The molecule has 3 rings (SSSR count). The highest BCUT2D eigenvalue weighted by Gasteiger charge is 2.34. The lowest BCUT2D eigenvalue weighted by molar-refractivity contribution is -0.304. The molecule has 1 aliphatic heterocycles. The molecule has 1 aromatic heterocycles. The number of likely N-dealkylation sites (tertiary alicyclic amines) is 1. The zero-order chi connectivity index (χ0) is 27.2. The van der Waals surface area contributed by atoms with Gasteiger partial charge in [-0.15, -0.1) is 0 Å². The van der Waals surface area contributed by atoms with Crippen molar-refractivity contribution in [3.05, 3.63) is 53.4 Å². The van der Waals surface area contributed by atoms with Gasteiger partial charge in [-0.05, 0) is 71.1 Å². The smallest absolute Gasteiger partial charge is 0.355 e. The number of nitrogens with one attached hydrogen (secondary N) is 2. The molecule has 198 valence electrons. The van der Waals surface area contributed by atoms with E-state index in [0.29, 0.717) is 22.7 Å². The van der Waals surface area contributed by atoms with E-state index >= 15 is 0 Å². The molecule has 0 bridgehead atoms. The molecule has 1 aliphatic rings. The first-order valence-corrected chi connectivity index (χ1v) is 11.9. The standard InChI is InChI=1S/C27H35N5O5/c1-26(2,33)10-7-18-5-6-23(36-4)22(13-18)27(34,35)37-24-14-19(16-31-25(24)29)20(15-28)17-30-21-8-11-32(3)12-9-21/h5-6,13-17,21,28,30,33-35H,8-9,11-12H2,1-4H3,(H2,29,31)/b20-17+,28-15?. The van der Waals surface area contributed by atoms with Crippen molar-refractivity contribution in [2.45, 2.75) is 44.3 Å². The summed E-state index contributed by atoms with van der Waals surface area (Å²) < 4.78 is 10.8. The Morgan fingerprint density at radius 1 is 1.22 bits per heavy atom. The lowest BCUT2D eigenvalue weighted by Gasteiger charge is -2.29. The van der Waals surface area contributed by atoms with Gasteiger partial charge in [0, 0.05) is 41.4 Å². The second-order valence-corrected chi connectivity index (χ2v) is 9.53. The molecule has 1 aromatic carbocycles. The number of aromatic nitrogens is 1. The molecule has 10 nitrogen and oxygen atoms in total. The molecule has 0 spiro atoms. The van der Waals surface area contributed by atoms with E-state index in [9.17, 15) is 15.3 Å². The van der Waals surface area contributed by atoms with E-state index in [0.717, 1.165) is 25.9 Å². The Hall–Kier alpha value is -3.62. The predicted molar refractivity (Wildman–Crippen MR) is 142 cm³/mol. The summed E-state index contributed by atoms with van der Waals surface area (Å²) in [4.78, 5) is 6.39. The molecule has 7 N–H and O–H groups in total. The minimum absolute atomic E-state index is 0.0687. The normalized spacial score (nSPS) is 15.5. The van der Waals surface area contributed by atoms with Gasteiger partial charge in [-0.1, -0.05) is 11.8 Å². The van der Waals surface area contributed by atoms with Crippen LogP contribution in [0, 0.1) is 17.3 Å². The van der Waals surface area contributed by atoms with Crippen LogP contribution >= 0.6 is 0 Å². The molecular weight excluding hydrogens is 474 g/mol. The number of methoxy groups -OCH3 is 1. The van der Waals surface area contributed by atoms with Crippen LogP contribution in [0.1, 0.15) is 43.4 Å². The highest BCUT2D eigenvalue weighted by Crippen LogP contribution is 2.34. The number of rotatable bonds is 8. The quantitative estimate of drug-likeness (QED) is 0.177. The summed E-state index contributed by atoms with van der Waals surface area (Å²) in [5, 5.41) is 42.9. The fourth-order valence-electron chi connectivity index (χ4n) is 3.76. The highest BCUT2D eigenvalue weighted by molar-refractivity contribution is 6.08. The Morgan fingerprint density at radius 2 is 1.92 bits per heavy atom. The Balaban J connectivity index is 1.88. The molecule has 0 amide bonds. The summed E-state index contributed by atoms with van der Waals surface area (Å²) >= 11 is 0. The van der Waals surface area contributed by atoms with Crippen molar-refractivity contribution in [3.8, 4) is 23.3 Å². The van der Waals surface area contributed by atoms with Gasteiger partial charge in [0.1, 0.15) is 11.4 Å². The number of nitrogen functional groups attached to an aromatic ring is 1. The zero-order valence-electron chi connectivity index (χ0n) is 21.6. The Labute approximate surface area is 217 Å². The van der Waals surface area contributed by atoms with Crippen molar-refractivity contribution in [1.29, 1.82) is 5.41 Å². The minimum Gasteiger partial charge on any atom is -0.496 e. The second-order valence-electron chi connectivity index (χ2n) is 9.53. The van der Waals surface area contributed by atoms with E-state index in [2.05, 4.69) is 34.1 Å². The van der Waals surface area contributed by atoms with Crippen LogP contribution in [0.2, 0.25) is 0 Å². The molecule has 2 aromatic rings. The largest absolute Gasteiger partial charge is 0.496 e. The number of nitrogens with zero attached hydrogens (tertiary/aromatic N) is 2. The minimum atomic E-state index is -2.85. The van der Waals surface area contributed by atoms with Crippen LogP contribution in [-0.2, 0) is 5.97 Å². The summed E-state index contributed by atoms with van der Waals surface area (Å²) in [6, 6.07) is 6.30. The Bertz CT molecular complexity index is 1200. The molecule has 1 fully saturated rings. The number of hydrogen-bond donors (Lipinski definition) is 6. The highest BCUT2D eigenvalue weighted by atomic mass is 16.8. The first-order chi connectivity index (χ1) is 17.4. The predicted octanol–water partition coefficient (Wildman–Crippen LogP) is 1.64. The van der Waals surface area contributed by atoms with Gasteiger partial charge in [-0.2, -0.15) is 0 Å². The average Bonchev–Trinajstić information content (AvgIpc) is 2.85. The molecule has 0 aliphatic carbocycles. The van der Waals surface area contributed by atoms with Gasteiger partial charge in [-0.3, -0.25) is 0 Å². The second kappa shape index (κ2) is 11.6. The van der Waals surface area contributed by atoms with Gasteiger partial charge in [0.25, 0.3) is 0 Å². The van der Waals surface area contributed by atoms with Crippen LogP contribution in [0.4, 0.5) is 5.82 Å². The third-order valence-electron chi connectivity index (χ3n) is 5.88. The number of anilines is 1. The molecule has 10 heteroatoms. The van der Waals surface area contributed by atoms with Gasteiger partial charge >= 0.3 is 5.97 Å². The summed E-state index contributed by atoms with van der Waals surface area (Å²) in [6.07, 6.45) is 6.40. The van der Waals surface area contributed by atoms with Crippen LogP contribution in [0.25, 0.3) is 5.57 Å². The number of piperidine rings is 1. The van der Waals surface area contributed by atoms with Gasteiger partial charge in [0.15, 0.2) is 11.6 Å². The average molecular weight is 510 g/mol. The Morgan fingerprint density at radius 3 is 2.54 bits per heavy atom. The van der Waals surface area contributed by atoms with Crippen molar-refractivity contribution >= 4 is 17.6 Å². The third-order valence-corrected chi connectivity index (χ3v) is 5.88. The van der Waals surface area contributed by atoms with E-state index in [-0.39, 0.29) is 22.9 Å². The molecule has 1 saturated heterocycles. The summed E-state index contributed by atoms with van der Waals surface area (Å²) in [6.45, 7) is 5.07. The molecule has 0 atom stereocenters. The van der Waals surface area contributed by atoms with Crippen LogP contribution in [0.3, 0.4) is 0 Å². The van der Waals surface area contributed by atoms with Crippen molar-refractivity contribution in [2.75, 3.05) is 33.0 Å². The van der Waals surface area contributed by atoms with Crippen LogP contribution in [0.15, 0.2) is 36.7 Å². The number of aliphatic hydroxyl groups is 3. The van der Waals surface area contributed by atoms with E-state index in [1.165, 1.54) is 37.7 Å². The maximum absolute atomic E-state index is 10.9. The van der Waals surface area contributed by atoms with E-state index in [1.54, 1.807) is 26.1 Å². The van der Waals surface area contributed by atoms with E-state index < -0.39 is 11.6 Å². The molecule has 37 heavy (non-hydrogen) atoms. The lowest BCUT2D eigenvalue weighted by atomic mass is 10.0. The number of hydrogen-bond acceptors (Lipinski definition) is 10. The summed E-state index contributed by atoms with van der Waals surface area (Å²) in [5.74, 6) is 2.59. The SMILES string of the molecule is COc1ccc(C#CC(C)(C)O)cc1C(O)(O)Oc1cc(/C(C=N)=C/NC2CCN(C)CC2)cnc1N. The van der Waals surface area contributed by atoms with Gasteiger partial charge in [-0.25, -0.2) is 4.98 Å². The molecule has 0 radical (unpaired) electrons. The number of benzene rings is 1. The lowest BCUT2D eigenvalue weighted by Crippen LogP contribution is -2.38. The number of nitrogens with two attached hydrogens (primary N) is 1. The number of pyridine rings is 1. The van der Waals surface area contributed by atoms with Crippen molar-refractivity contribution in [1.82, 2.24) is 15.2 Å². The topological polar surface area (TPSA) is 157 Å². The van der Waals surface area contributed by atoms with Crippen LogP contribution in [-0.4, -0.2) is 70.3 Å². The van der Waals surface area contributed by atoms with Gasteiger partial charge in [0.2, 0.25) is 0 Å². The zero-order valence-corrected chi connectivity index (χ0v) is 21.6. The Kier molecular flexibility index (Phi) is 8.78. The molecular formula is C27H35N5O5. The van der Waals surface area contributed by atoms with E-state index in [4.69, 9.17) is 20.6 Å². The first kappa shape index (κ1) is 28.0. The summed E-state index contributed by atoms with van der Waals surface area (Å²) in [7, 11) is 3.47. The summed E-state index contributed by atoms with van der Waals surface area (Å²) in [5.41, 5.74) is 6.08. The maximum atomic E-state index is 10.9. The third kappa shape index (κ3) is 7.68. The van der Waals surface area contributed by atoms with Crippen molar-refractivity contribution < 1.29 is 24.8 Å².